The fraction of sp³-hybridized carbons (Fsp3) is 0.200. The van der Waals surface area contributed by atoms with Crippen LogP contribution in [0.1, 0.15) is 5.56 Å². The number of thioether (sulfide) groups is 1. The molecule has 1 aliphatic rings. The van der Waals surface area contributed by atoms with E-state index < -0.39 is 36.2 Å². The van der Waals surface area contributed by atoms with Gasteiger partial charge in [0, 0.05) is 0 Å². The van der Waals surface area contributed by atoms with Gasteiger partial charge in [-0.15, -0.1) is 0 Å². The number of nitrogens with zero attached hydrogens (tertiary/aromatic N) is 1. The van der Waals surface area contributed by atoms with Crippen molar-refractivity contribution in [2.75, 3.05) is 20.3 Å². The number of hydrogen-bond donors (Lipinski definition) is 1. The maximum atomic E-state index is 12.2. The van der Waals surface area contributed by atoms with E-state index in [0.717, 1.165) is 16.7 Å². The third kappa shape index (κ3) is 4.83. The fourth-order valence-electron chi connectivity index (χ4n) is 1.84. The Hall–Kier alpha value is -2.33. The molecule has 0 unspecified atom stereocenters. The Balaban J connectivity index is 2.16. The first-order chi connectivity index (χ1) is 11.8. The minimum Gasteiger partial charge on any atom is -0.481 e. The van der Waals surface area contributed by atoms with Gasteiger partial charge in [0.1, 0.15) is 12.3 Å². The Morgan fingerprint density at radius 2 is 2.08 bits per heavy atom. The van der Waals surface area contributed by atoms with E-state index in [2.05, 4.69) is 20.7 Å². The Bertz CT molecular complexity index is 777. The predicted octanol–water partition coefficient (Wildman–Crippen LogP) is 2.12. The van der Waals surface area contributed by atoms with Crippen LogP contribution >= 0.6 is 27.7 Å². The highest BCUT2D eigenvalue weighted by atomic mass is 79.9. The summed E-state index contributed by atoms with van der Waals surface area (Å²) in [6.45, 7) is -0.922. The number of ether oxygens (including phenoxy) is 2. The highest BCUT2D eigenvalue weighted by Crippen LogP contribution is 2.33. The summed E-state index contributed by atoms with van der Waals surface area (Å²) in [6, 6.07) is 4.76. The smallest absolute Gasteiger partial charge is 0.341 e. The van der Waals surface area contributed by atoms with Crippen molar-refractivity contribution in [2.24, 2.45) is 0 Å². The van der Waals surface area contributed by atoms with Crippen LogP contribution in [-0.4, -0.2) is 53.4 Å². The molecule has 0 atom stereocenters. The van der Waals surface area contributed by atoms with Gasteiger partial charge in [-0.2, -0.15) is 0 Å². The standard InChI is InChI=1S/C15H12BrNO7S/c1-23-13(20)6-17-14(21)11(25-15(17)22)5-8-2-3-10(9(16)4-8)24-7-12(18)19/h2-5H,6-7H2,1H3,(H,18,19)/b11-5-. The van der Waals surface area contributed by atoms with Crippen molar-refractivity contribution in [3.63, 3.8) is 0 Å². The fourth-order valence-corrected chi connectivity index (χ4v) is 3.19. The lowest BCUT2D eigenvalue weighted by Crippen LogP contribution is -2.34. The van der Waals surface area contributed by atoms with Crippen molar-refractivity contribution < 1.29 is 33.8 Å². The largest absolute Gasteiger partial charge is 0.481 e. The Kier molecular flexibility index (Phi) is 6.21. The number of aliphatic carboxylic acids is 1. The Labute approximate surface area is 154 Å². The highest BCUT2D eigenvalue weighted by molar-refractivity contribution is 9.10. The number of benzene rings is 1. The molecular weight excluding hydrogens is 418 g/mol. The summed E-state index contributed by atoms with van der Waals surface area (Å²) in [7, 11) is 1.17. The van der Waals surface area contributed by atoms with E-state index in [9.17, 15) is 19.2 Å². The highest BCUT2D eigenvalue weighted by Gasteiger charge is 2.36. The van der Waals surface area contributed by atoms with Crippen LogP contribution in [0.25, 0.3) is 6.08 Å². The number of hydrogen-bond acceptors (Lipinski definition) is 7. The molecule has 1 fully saturated rings. The molecule has 1 heterocycles. The SMILES string of the molecule is COC(=O)CN1C(=O)S/C(=C\c2ccc(OCC(=O)O)c(Br)c2)C1=O. The van der Waals surface area contributed by atoms with Crippen molar-refractivity contribution in [2.45, 2.75) is 0 Å². The van der Waals surface area contributed by atoms with Crippen molar-refractivity contribution >= 4 is 56.9 Å². The first-order valence-corrected chi connectivity index (χ1v) is 8.39. The third-order valence-corrected chi connectivity index (χ3v) is 4.52. The van der Waals surface area contributed by atoms with E-state index in [1.165, 1.54) is 19.3 Å². The molecule has 0 spiro atoms. The van der Waals surface area contributed by atoms with E-state index >= 15 is 0 Å². The molecule has 0 aromatic heterocycles. The van der Waals surface area contributed by atoms with Gasteiger partial charge in [0.05, 0.1) is 16.5 Å². The van der Waals surface area contributed by atoms with Crippen LogP contribution in [-0.2, 0) is 19.1 Å². The summed E-state index contributed by atoms with van der Waals surface area (Å²) in [5.41, 5.74) is 0.595. The summed E-state index contributed by atoms with van der Waals surface area (Å²) in [4.78, 5) is 46.8. The van der Waals surface area contributed by atoms with Gasteiger partial charge < -0.3 is 14.6 Å². The summed E-state index contributed by atoms with van der Waals surface area (Å²) < 4.78 is 10.0. The summed E-state index contributed by atoms with van der Waals surface area (Å²) >= 11 is 3.97. The summed E-state index contributed by atoms with van der Waals surface area (Å²) in [5, 5.41) is 8.06. The van der Waals surface area contributed by atoms with Gasteiger partial charge in [-0.1, -0.05) is 6.07 Å². The Morgan fingerprint density at radius 1 is 1.36 bits per heavy atom. The monoisotopic (exact) mass is 429 g/mol. The lowest BCUT2D eigenvalue weighted by molar-refractivity contribution is -0.143. The number of carboxylic acids is 1. The van der Waals surface area contributed by atoms with Crippen molar-refractivity contribution in [1.82, 2.24) is 4.90 Å². The van der Waals surface area contributed by atoms with E-state index in [4.69, 9.17) is 9.84 Å². The number of carbonyl (C=O) groups excluding carboxylic acids is 3. The molecule has 25 heavy (non-hydrogen) atoms. The molecule has 0 bridgehead atoms. The average Bonchev–Trinajstić information content (AvgIpc) is 2.81. The molecule has 2 rings (SSSR count). The molecule has 0 aliphatic carbocycles. The minimum absolute atomic E-state index is 0.167. The number of amides is 2. The molecular formula is C15H12BrNO7S. The van der Waals surface area contributed by atoms with Crippen LogP contribution in [0.2, 0.25) is 0 Å². The average molecular weight is 430 g/mol. The molecule has 10 heteroatoms. The second-order valence-corrected chi connectivity index (χ2v) is 6.56. The topological polar surface area (TPSA) is 110 Å². The van der Waals surface area contributed by atoms with E-state index in [0.29, 0.717) is 15.8 Å². The van der Waals surface area contributed by atoms with E-state index in [1.807, 2.05) is 0 Å². The first-order valence-electron chi connectivity index (χ1n) is 6.78. The zero-order valence-electron chi connectivity index (χ0n) is 12.9. The second-order valence-electron chi connectivity index (χ2n) is 4.72. The number of rotatable bonds is 6. The van der Waals surface area contributed by atoms with E-state index in [-0.39, 0.29) is 4.91 Å². The maximum absolute atomic E-state index is 12.2. The maximum Gasteiger partial charge on any atom is 0.341 e. The molecule has 2 amide bonds. The van der Waals surface area contributed by atoms with E-state index in [1.54, 1.807) is 12.1 Å². The van der Waals surface area contributed by atoms with Crippen LogP contribution in [0.4, 0.5) is 4.79 Å². The Morgan fingerprint density at radius 3 is 2.68 bits per heavy atom. The van der Waals surface area contributed by atoms with Gasteiger partial charge in [0.25, 0.3) is 11.1 Å². The lowest BCUT2D eigenvalue weighted by atomic mass is 10.2. The van der Waals surface area contributed by atoms with Crippen LogP contribution in [0, 0.1) is 0 Å². The van der Waals surface area contributed by atoms with Crippen LogP contribution in [0.3, 0.4) is 0 Å². The molecule has 1 aromatic rings. The summed E-state index contributed by atoms with van der Waals surface area (Å²) in [5.74, 6) is -2.04. The molecule has 132 valence electrons. The summed E-state index contributed by atoms with van der Waals surface area (Å²) in [6.07, 6.45) is 1.49. The number of methoxy groups -OCH3 is 1. The molecule has 8 nitrogen and oxygen atoms in total. The quantitative estimate of drug-likeness (QED) is 0.540. The molecule has 0 radical (unpaired) electrons. The number of imide groups is 1. The molecule has 1 aromatic carbocycles. The third-order valence-electron chi connectivity index (χ3n) is 2.99. The predicted molar refractivity (Wildman–Crippen MR) is 92.0 cm³/mol. The van der Waals surface area contributed by atoms with Gasteiger partial charge in [-0.05, 0) is 51.5 Å². The molecule has 1 N–H and O–H groups in total. The number of carboxylic acid groups (broad SMARTS) is 1. The molecule has 0 saturated carbocycles. The van der Waals surface area contributed by atoms with Crippen LogP contribution in [0.5, 0.6) is 5.75 Å². The van der Waals surface area contributed by atoms with Crippen molar-refractivity contribution in [3.05, 3.63) is 33.1 Å². The van der Waals surface area contributed by atoms with Crippen LogP contribution < -0.4 is 4.74 Å². The zero-order chi connectivity index (χ0) is 18.6. The van der Waals surface area contributed by atoms with Gasteiger partial charge >= 0.3 is 11.9 Å². The normalized spacial score (nSPS) is 15.6. The van der Waals surface area contributed by atoms with Gasteiger partial charge in [-0.3, -0.25) is 19.3 Å². The second kappa shape index (κ2) is 8.17. The van der Waals surface area contributed by atoms with Crippen molar-refractivity contribution in [1.29, 1.82) is 0 Å². The van der Waals surface area contributed by atoms with Crippen LogP contribution in [0.15, 0.2) is 27.6 Å². The number of esters is 1. The van der Waals surface area contributed by atoms with Gasteiger partial charge in [-0.25, -0.2) is 4.79 Å². The van der Waals surface area contributed by atoms with Gasteiger partial charge in [0.2, 0.25) is 0 Å². The minimum atomic E-state index is -1.10. The van der Waals surface area contributed by atoms with Crippen molar-refractivity contribution in [3.8, 4) is 5.75 Å². The first kappa shape index (κ1) is 19.0. The lowest BCUT2D eigenvalue weighted by Gasteiger charge is -2.09. The molecule has 1 aliphatic heterocycles. The molecule has 1 saturated heterocycles. The zero-order valence-corrected chi connectivity index (χ0v) is 15.3. The van der Waals surface area contributed by atoms with Gasteiger partial charge in [0.15, 0.2) is 6.61 Å². The number of carbonyl (C=O) groups is 4. The number of halogens is 1.